The van der Waals surface area contributed by atoms with Crippen LogP contribution in [0.3, 0.4) is 0 Å². The Morgan fingerprint density at radius 1 is 1.75 bits per heavy atom. The topological polar surface area (TPSA) is 0 Å². The molecule has 0 N–H and O–H groups in total. The van der Waals surface area contributed by atoms with Crippen LogP contribution in [0, 0.1) is 12.0 Å². The molecular weight excluding hydrogens is 91.0 g/mol. The first kappa shape index (κ1) is 8.34. The summed E-state index contributed by atoms with van der Waals surface area (Å²) in [7, 11) is 0. The first-order valence-electron chi connectivity index (χ1n) is 3.01. The van der Waals surface area contributed by atoms with E-state index in [1.54, 1.807) is 0 Å². The van der Waals surface area contributed by atoms with E-state index in [1.807, 2.05) is 0 Å². The Bertz CT molecular complexity index is 76.5. The molecule has 0 saturated carbocycles. The molecule has 0 aromatic carbocycles. The maximum Gasteiger partial charge on any atom is 1.00 e. The van der Waals surface area contributed by atoms with Gasteiger partial charge in [0.05, 0.1) is 0 Å². The van der Waals surface area contributed by atoms with Gasteiger partial charge < -0.3 is 6.08 Å². The van der Waals surface area contributed by atoms with Crippen LogP contribution in [0.5, 0.6) is 0 Å². The summed E-state index contributed by atoms with van der Waals surface area (Å²) in [4.78, 5) is 0. The van der Waals surface area contributed by atoms with Gasteiger partial charge in [0.25, 0.3) is 0 Å². The van der Waals surface area contributed by atoms with Crippen LogP contribution in [-0.2, 0) is 0 Å². The van der Waals surface area contributed by atoms with Crippen molar-refractivity contribution < 1.29 is 18.9 Å². The van der Waals surface area contributed by atoms with Crippen LogP contribution in [0.1, 0.15) is 26.2 Å². The van der Waals surface area contributed by atoms with Gasteiger partial charge in [-0.15, -0.1) is 0 Å². The fourth-order valence-corrected chi connectivity index (χ4v) is 0.940. The van der Waals surface area contributed by atoms with E-state index in [9.17, 15) is 0 Å². The molecule has 0 bridgehead atoms. The maximum absolute atomic E-state index is 3.28. The van der Waals surface area contributed by atoms with E-state index in [1.165, 1.54) is 19.3 Å². The van der Waals surface area contributed by atoms with Gasteiger partial charge in [-0.2, -0.15) is 5.92 Å². The molecule has 0 heterocycles. The van der Waals surface area contributed by atoms with Gasteiger partial charge in [-0.05, 0) is 0 Å². The van der Waals surface area contributed by atoms with Crippen molar-refractivity contribution in [3.05, 3.63) is 12.2 Å². The molecule has 0 fully saturated rings. The van der Waals surface area contributed by atoms with Gasteiger partial charge >= 0.3 is 18.9 Å². The van der Waals surface area contributed by atoms with Crippen LogP contribution in [0.2, 0.25) is 0 Å². The smallest absolute Gasteiger partial charge is 0.497 e. The molecule has 0 spiro atoms. The van der Waals surface area contributed by atoms with E-state index >= 15 is 0 Å². The van der Waals surface area contributed by atoms with E-state index in [4.69, 9.17) is 0 Å². The van der Waals surface area contributed by atoms with Gasteiger partial charge in [-0.25, -0.2) is 0 Å². The molecule has 8 heavy (non-hydrogen) atoms. The molecule has 1 aliphatic rings. The molecule has 1 atom stereocenters. The number of rotatable bonds is 1. The number of hydrogen-bond donors (Lipinski definition) is 0. The standard InChI is InChI=1S/C7H11.Li/c1-2-7-5-3-4-6-7;/h3,7H,2,4,6H2,1H3;/q-1;+1. The van der Waals surface area contributed by atoms with Crippen molar-refractivity contribution in [1.82, 2.24) is 0 Å². The minimum absolute atomic E-state index is 0. The quantitative estimate of drug-likeness (QED) is 0.299. The average Bonchev–Trinajstić information content (AvgIpc) is 2.14. The van der Waals surface area contributed by atoms with E-state index in [-0.39, 0.29) is 18.9 Å². The Morgan fingerprint density at radius 3 is 2.75 bits per heavy atom. The molecule has 0 radical (unpaired) electrons. The second kappa shape index (κ2) is 4.24. The number of allylic oxidation sites excluding steroid dienone is 2. The summed E-state index contributed by atoms with van der Waals surface area (Å²) in [5, 5.41) is 0. The minimum atomic E-state index is 0. The minimum Gasteiger partial charge on any atom is -0.497 e. The zero-order valence-corrected chi connectivity index (χ0v) is 5.78. The van der Waals surface area contributed by atoms with Gasteiger partial charge in [0.1, 0.15) is 0 Å². The molecule has 1 aliphatic carbocycles. The summed E-state index contributed by atoms with van der Waals surface area (Å²) in [5.74, 6) is 0.792. The Balaban J connectivity index is 0.000000490. The van der Waals surface area contributed by atoms with E-state index in [0.29, 0.717) is 0 Å². The Labute approximate surface area is 63.5 Å². The van der Waals surface area contributed by atoms with Gasteiger partial charge in [-0.1, -0.05) is 26.2 Å². The maximum atomic E-state index is 3.28. The summed E-state index contributed by atoms with van der Waals surface area (Å²) in [5.41, 5.74) is 0. The summed E-state index contributed by atoms with van der Waals surface area (Å²) in [6.45, 7) is 2.22. The van der Waals surface area contributed by atoms with Crippen molar-refractivity contribution >= 4 is 0 Å². The van der Waals surface area contributed by atoms with Crippen molar-refractivity contribution in [2.45, 2.75) is 26.2 Å². The summed E-state index contributed by atoms with van der Waals surface area (Å²) in [6, 6.07) is 0. The third kappa shape index (κ3) is 2.07. The molecule has 1 unspecified atom stereocenters. The van der Waals surface area contributed by atoms with Crippen molar-refractivity contribution in [3.8, 4) is 0 Å². The van der Waals surface area contributed by atoms with Crippen molar-refractivity contribution in [2.24, 2.45) is 5.92 Å². The van der Waals surface area contributed by atoms with Gasteiger partial charge in [0.15, 0.2) is 0 Å². The van der Waals surface area contributed by atoms with Gasteiger partial charge in [0.2, 0.25) is 0 Å². The SMILES string of the molecule is CCC1[C-]=CCC1.[Li+]. The predicted octanol–water partition coefficient (Wildman–Crippen LogP) is -0.830. The van der Waals surface area contributed by atoms with Crippen LogP contribution in [0.4, 0.5) is 0 Å². The fourth-order valence-electron chi connectivity index (χ4n) is 0.940. The molecule has 1 rings (SSSR count). The first-order chi connectivity index (χ1) is 3.43. The summed E-state index contributed by atoms with van der Waals surface area (Å²) >= 11 is 0. The zero-order valence-electron chi connectivity index (χ0n) is 5.78. The van der Waals surface area contributed by atoms with Crippen molar-refractivity contribution in [2.75, 3.05) is 0 Å². The van der Waals surface area contributed by atoms with Gasteiger partial charge in [0, 0.05) is 0 Å². The molecular formula is C7H11Li. The summed E-state index contributed by atoms with van der Waals surface area (Å²) < 4.78 is 0. The fraction of sp³-hybridized carbons (Fsp3) is 0.714. The molecule has 1 heteroatoms. The zero-order chi connectivity index (χ0) is 5.11. The molecule has 0 amide bonds. The third-order valence-corrected chi connectivity index (χ3v) is 1.51. The Kier molecular flexibility index (Phi) is 4.42. The molecule has 40 valence electrons. The largest absolute Gasteiger partial charge is 1.00 e. The van der Waals surface area contributed by atoms with Crippen molar-refractivity contribution in [1.29, 1.82) is 0 Å². The average molecular weight is 102 g/mol. The predicted molar refractivity (Wildman–Crippen MR) is 30.8 cm³/mol. The number of hydrogen-bond acceptors (Lipinski definition) is 0. The van der Waals surface area contributed by atoms with E-state index in [0.717, 1.165) is 5.92 Å². The second-order valence-electron chi connectivity index (χ2n) is 2.05. The van der Waals surface area contributed by atoms with Crippen LogP contribution in [0.25, 0.3) is 0 Å². The molecule has 0 nitrogen and oxygen atoms in total. The normalized spacial score (nSPS) is 25.4. The van der Waals surface area contributed by atoms with Crippen LogP contribution >= 0.6 is 0 Å². The second-order valence-corrected chi connectivity index (χ2v) is 2.05. The Morgan fingerprint density at radius 2 is 2.50 bits per heavy atom. The van der Waals surface area contributed by atoms with Crippen molar-refractivity contribution in [3.63, 3.8) is 0 Å². The Hall–Kier alpha value is 0.337. The van der Waals surface area contributed by atoms with Crippen LogP contribution < -0.4 is 18.9 Å². The molecule has 0 saturated heterocycles. The first-order valence-corrected chi connectivity index (χ1v) is 3.01. The third-order valence-electron chi connectivity index (χ3n) is 1.51. The monoisotopic (exact) mass is 102 g/mol. The molecule has 0 aromatic heterocycles. The summed E-state index contributed by atoms with van der Waals surface area (Å²) in [6.07, 6.45) is 9.32. The molecule has 0 aromatic rings. The molecule has 0 aliphatic heterocycles. The van der Waals surface area contributed by atoms with E-state index < -0.39 is 0 Å². The van der Waals surface area contributed by atoms with Gasteiger partial charge in [-0.3, -0.25) is 6.08 Å². The van der Waals surface area contributed by atoms with Crippen LogP contribution in [0.15, 0.2) is 6.08 Å². The van der Waals surface area contributed by atoms with Crippen LogP contribution in [-0.4, -0.2) is 0 Å². The van der Waals surface area contributed by atoms with E-state index in [2.05, 4.69) is 19.1 Å².